The Hall–Kier alpha value is -1.22. The topological polar surface area (TPSA) is 101 Å². The molecule has 0 bridgehead atoms. The van der Waals surface area contributed by atoms with E-state index in [1.165, 1.54) is 18.2 Å². The summed E-state index contributed by atoms with van der Waals surface area (Å²) in [5.41, 5.74) is -0.250. The van der Waals surface area contributed by atoms with Gasteiger partial charge in [-0.15, -0.1) is 12.4 Å². The minimum Gasteiger partial charge on any atom is -0.316 e. The molecule has 0 saturated heterocycles. The van der Waals surface area contributed by atoms with Gasteiger partial charge in [-0.3, -0.25) is 10.1 Å². The smallest absolute Gasteiger partial charge is 0.270 e. The monoisotopic (exact) mass is 309 g/mol. The fourth-order valence-corrected chi connectivity index (χ4v) is 2.35. The van der Waals surface area contributed by atoms with Crippen LogP contribution in [0, 0.1) is 10.1 Å². The molecule has 1 atom stereocenters. The number of rotatable bonds is 6. The molecule has 0 aliphatic rings. The summed E-state index contributed by atoms with van der Waals surface area (Å²) in [5.74, 6) is 0. The van der Waals surface area contributed by atoms with Crippen LogP contribution in [0.5, 0.6) is 0 Å². The summed E-state index contributed by atoms with van der Waals surface area (Å²) in [5, 5.41) is 13.5. The van der Waals surface area contributed by atoms with Crippen molar-refractivity contribution in [3.63, 3.8) is 0 Å². The molecule has 19 heavy (non-hydrogen) atoms. The van der Waals surface area contributed by atoms with E-state index in [4.69, 9.17) is 0 Å². The fourth-order valence-electron chi connectivity index (χ4n) is 1.18. The number of nitro benzene ring substituents is 1. The van der Waals surface area contributed by atoms with Gasteiger partial charge in [0.2, 0.25) is 10.0 Å². The predicted molar refractivity (Wildman–Crippen MR) is 74.1 cm³/mol. The van der Waals surface area contributed by atoms with Gasteiger partial charge in [-0.05, 0) is 20.0 Å². The molecule has 0 aliphatic carbocycles. The van der Waals surface area contributed by atoms with Crippen LogP contribution >= 0.6 is 12.4 Å². The van der Waals surface area contributed by atoms with Gasteiger partial charge in [-0.2, -0.15) is 0 Å². The Labute approximate surface area is 118 Å². The standard InChI is InChI=1S/C10H15N3O4S.ClH/c1-8(11-2)7-12-18(16,17)10-5-3-4-9(6-10)13(14)15;/h3-6,8,11-12H,7H2,1-2H3;1H. The lowest BCUT2D eigenvalue weighted by atomic mass is 10.3. The second kappa shape index (κ2) is 7.39. The molecule has 0 aliphatic heterocycles. The van der Waals surface area contributed by atoms with Gasteiger partial charge in [-0.25, -0.2) is 13.1 Å². The zero-order chi connectivity index (χ0) is 13.8. The van der Waals surface area contributed by atoms with E-state index in [9.17, 15) is 18.5 Å². The minimum absolute atomic E-state index is 0. The van der Waals surface area contributed by atoms with E-state index in [0.717, 1.165) is 6.07 Å². The van der Waals surface area contributed by atoms with Crippen molar-refractivity contribution < 1.29 is 13.3 Å². The molecule has 1 aromatic rings. The van der Waals surface area contributed by atoms with Crippen molar-refractivity contribution in [3.05, 3.63) is 34.4 Å². The van der Waals surface area contributed by atoms with Gasteiger partial charge in [0.1, 0.15) is 0 Å². The van der Waals surface area contributed by atoms with Crippen LogP contribution in [0.1, 0.15) is 6.92 Å². The summed E-state index contributed by atoms with van der Waals surface area (Å²) in [6.45, 7) is 2.03. The highest BCUT2D eigenvalue weighted by Gasteiger charge is 2.17. The van der Waals surface area contributed by atoms with E-state index in [1.807, 2.05) is 6.92 Å². The van der Waals surface area contributed by atoms with Crippen LogP contribution in [0.4, 0.5) is 5.69 Å². The first-order valence-electron chi connectivity index (χ1n) is 5.28. The molecule has 0 amide bonds. The van der Waals surface area contributed by atoms with Crippen molar-refractivity contribution in [2.24, 2.45) is 0 Å². The minimum atomic E-state index is -3.72. The van der Waals surface area contributed by atoms with Crippen molar-refractivity contribution in [2.45, 2.75) is 17.9 Å². The Morgan fingerprint density at radius 3 is 2.58 bits per heavy atom. The third-order valence-electron chi connectivity index (χ3n) is 2.41. The Balaban J connectivity index is 0.00000324. The lowest BCUT2D eigenvalue weighted by Gasteiger charge is -2.11. The highest BCUT2D eigenvalue weighted by Crippen LogP contribution is 2.16. The Morgan fingerprint density at radius 2 is 2.05 bits per heavy atom. The lowest BCUT2D eigenvalue weighted by Crippen LogP contribution is -2.37. The number of benzene rings is 1. The molecule has 0 aromatic heterocycles. The SMILES string of the molecule is CNC(C)CNS(=O)(=O)c1cccc([N+](=O)[O-])c1.Cl. The van der Waals surface area contributed by atoms with Gasteiger partial charge in [0.15, 0.2) is 0 Å². The molecule has 0 fully saturated rings. The summed E-state index contributed by atoms with van der Waals surface area (Å²) in [7, 11) is -2.00. The maximum atomic E-state index is 11.9. The van der Waals surface area contributed by atoms with Crippen LogP contribution in [-0.4, -0.2) is 33.0 Å². The second-order valence-corrected chi connectivity index (χ2v) is 5.56. The van der Waals surface area contributed by atoms with Crippen molar-refractivity contribution in [2.75, 3.05) is 13.6 Å². The van der Waals surface area contributed by atoms with Crippen molar-refractivity contribution >= 4 is 28.1 Å². The van der Waals surface area contributed by atoms with Crippen LogP contribution in [-0.2, 0) is 10.0 Å². The fraction of sp³-hybridized carbons (Fsp3) is 0.400. The Kier molecular flexibility index (Phi) is 6.91. The predicted octanol–water partition coefficient (Wildman–Crippen LogP) is 0.903. The lowest BCUT2D eigenvalue weighted by molar-refractivity contribution is -0.385. The number of sulfonamides is 1. The second-order valence-electron chi connectivity index (χ2n) is 3.80. The summed E-state index contributed by atoms with van der Waals surface area (Å²) < 4.78 is 26.1. The first-order chi connectivity index (χ1) is 8.36. The summed E-state index contributed by atoms with van der Waals surface area (Å²) in [6.07, 6.45) is 0. The van der Waals surface area contributed by atoms with Gasteiger partial charge in [0.05, 0.1) is 9.82 Å². The number of nitrogens with one attached hydrogen (secondary N) is 2. The molecule has 1 aromatic carbocycles. The quantitative estimate of drug-likeness (QED) is 0.600. The molecule has 108 valence electrons. The van der Waals surface area contributed by atoms with Crippen LogP contribution < -0.4 is 10.0 Å². The largest absolute Gasteiger partial charge is 0.316 e. The molecule has 0 radical (unpaired) electrons. The number of hydrogen-bond donors (Lipinski definition) is 2. The number of hydrogen-bond acceptors (Lipinski definition) is 5. The number of nitro groups is 1. The molecule has 1 rings (SSSR count). The van der Waals surface area contributed by atoms with Gasteiger partial charge in [0, 0.05) is 24.7 Å². The molecule has 0 heterocycles. The molecule has 0 spiro atoms. The average molecular weight is 310 g/mol. The number of halogens is 1. The van der Waals surface area contributed by atoms with Gasteiger partial charge >= 0.3 is 0 Å². The average Bonchev–Trinajstić information content (AvgIpc) is 2.36. The highest BCUT2D eigenvalue weighted by atomic mass is 35.5. The van der Waals surface area contributed by atoms with E-state index < -0.39 is 14.9 Å². The third-order valence-corrected chi connectivity index (χ3v) is 3.83. The number of non-ortho nitro benzene ring substituents is 1. The van der Waals surface area contributed by atoms with Gasteiger partial charge < -0.3 is 5.32 Å². The van der Waals surface area contributed by atoms with Crippen molar-refractivity contribution in [1.82, 2.24) is 10.0 Å². The highest BCUT2D eigenvalue weighted by molar-refractivity contribution is 7.89. The zero-order valence-electron chi connectivity index (χ0n) is 10.5. The number of likely N-dealkylation sites (N-methyl/N-ethyl adjacent to an activating group) is 1. The molecule has 7 nitrogen and oxygen atoms in total. The maximum absolute atomic E-state index is 11.9. The van der Waals surface area contributed by atoms with Crippen LogP contribution in [0.3, 0.4) is 0 Å². The Morgan fingerprint density at radius 1 is 1.42 bits per heavy atom. The van der Waals surface area contributed by atoms with E-state index in [1.54, 1.807) is 7.05 Å². The van der Waals surface area contributed by atoms with Crippen LogP contribution in [0.15, 0.2) is 29.2 Å². The molecule has 2 N–H and O–H groups in total. The Bertz CT molecular complexity index is 535. The van der Waals surface area contributed by atoms with Gasteiger partial charge in [0.25, 0.3) is 5.69 Å². The van der Waals surface area contributed by atoms with Crippen molar-refractivity contribution in [1.29, 1.82) is 0 Å². The van der Waals surface area contributed by atoms with E-state index in [-0.39, 0.29) is 35.6 Å². The first kappa shape index (κ1) is 17.8. The van der Waals surface area contributed by atoms with E-state index in [2.05, 4.69) is 10.0 Å². The first-order valence-corrected chi connectivity index (χ1v) is 6.76. The van der Waals surface area contributed by atoms with E-state index in [0.29, 0.717) is 0 Å². The van der Waals surface area contributed by atoms with Crippen LogP contribution in [0.2, 0.25) is 0 Å². The summed E-state index contributed by atoms with van der Waals surface area (Å²) >= 11 is 0. The summed E-state index contributed by atoms with van der Waals surface area (Å²) in [4.78, 5) is 9.83. The summed E-state index contributed by atoms with van der Waals surface area (Å²) in [6, 6.07) is 4.91. The molecular weight excluding hydrogens is 294 g/mol. The molecular formula is C10H16ClN3O4S. The van der Waals surface area contributed by atoms with Crippen LogP contribution in [0.25, 0.3) is 0 Å². The van der Waals surface area contributed by atoms with E-state index >= 15 is 0 Å². The normalized spacial score (nSPS) is 12.5. The third kappa shape index (κ3) is 5.11. The molecule has 1 unspecified atom stereocenters. The molecule has 9 heteroatoms. The van der Waals surface area contributed by atoms with Crippen molar-refractivity contribution in [3.8, 4) is 0 Å². The zero-order valence-corrected chi connectivity index (χ0v) is 12.1. The molecule has 0 saturated carbocycles. The van der Waals surface area contributed by atoms with Gasteiger partial charge in [-0.1, -0.05) is 6.07 Å². The number of nitrogens with zero attached hydrogens (tertiary/aromatic N) is 1. The maximum Gasteiger partial charge on any atom is 0.270 e.